The fourth-order valence-electron chi connectivity index (χ4n) is 5.07. The van der Waals surface area contributed by atoms with Crippen LogP contribution in [-0.4, -0.2) is 41.5 Å². The number of hydrogen-bond acceptors (Lipinski definition) is 3. The molecular formula is C18H27BrN2O. The Labute approximate surface area is 142 Å². The molecule has 2 atom stereocenters. The molecule has 3 fully saturated rings. The third-order valence-electron chi connectivity index (χ3n) is 6.03. The van der Waals surface area contributed by atoms with Crippen molar-refractivity contribution in [1.29, 1.82) is 0 Å². The van der Waals surface area contributed by atoms with Gasteiger partial charge in [0.25, 0.3) is 0 Å². The summed E-state index contributed by atoms with van der Waals surface area (Å²) in [5.41, 5.74) is 0. The average molecular weight is 367 g/mol. The lowest BCUT2D eigenvalue weighted by molar-refractivity contribution is -0.00717. The molecule has 4 rings (SSSR count). The standard InChI is InChI=1S/C18H27BrN2O/c19-17-9-8-15(22-17)13-21-12-11-20-10-4-7-16(20)18(21)14-5-2-1-3-6-14/h8-9,14,16,18H,1-7,10-13H2. The maximum atomic E-state index is 5.79. The van der Waals surface area contributed by atoms with Crippen molar-refractivity contribution in [3.63, 3.8) is 0 Å². The summed E-state index contributed by atoms with van der Waals surface area (Å²) in [6.45, 7) is 4.76. The van der Waals surface area contributed by atoms with E-state index in [1.165, 1.54) is 64.6 Å². The van der Waals surface area contributed by atoms with Crippen LogP contribution in [0.3, 0.4) is 0 Å². The lowest BCUT2D eigenvalue weighted by atomic mass is 9.78. The Hall–Kier alpha value is -0.320. The Kier molecular flexibility index (Phi) is 4.61. The summed E-state index contributed by atoms with van der Waals surface area (Å²) >= 11 is 3.44. The van der Waals surface area contributed by atoms with Gasteiger partial charge in [-0.15, -0.1) is 0 Å². The zero-order valence-electron chi connectivity index (χ0n) is 13.3. The van der Waals surface area contributed by atoms with Crippen molar-refractivity contribution in [3.05, 3.63) is 22.6 Å². The van der Waals surface area contributed by atoms with Crippen molar-refractivity contribution in [1.82, 2.24) is 9.80 Å². The van der Waals surface area contributed by atoms with Gasteiger partial charge in [0, 0.05) is 25.2 Å². The molecule has 0 amide bonds. The molecule has 4 heteroatoms. The topological polar surface area (TPSA) is 19.6 Å². The molecule has 0 radical (unpaired) electrons. The maximum Gasteiger partial charge on any atom is 0.169 e. The molecule has 3 aliphatic rings. The van der Waals surface area contributed by atoms with Gasteiger partial charge >= 0.3 is 0 Å². The zero-order valence-corrected chi connectivity index (χ0v) is 14.9. The second-order valence-corrected chi connectivity index (χ2v) is 8.09. The molecule has 0 N–H and O–H groups in total. The van der Waals surface area contributed by atoms with Gasteiger partial charge in [-0.05, 0) is 66.2 Å². The van der Waals surface area contributed by atoms with Crippen LogP contribution in [0.15, 0.2) is 21.2 Å². The SMILES string of the molecule is Brc1ccc(CN2CCN3CCCC3C2C2CCCCC2)o1. The maximum absolute atomic E-state index is 5.79. The van der Waals surface area contributed by atoms with Crippen molar-refractivity contribution in [2.75, 3.05) is 19.6 Å². The third kappa shape index (κ3) is 3.02. The van der Waals surface area contributed by atoms with Gasteiger partial charge in [-0.2, -0.15) is 0 Å². The molecule has 0 spiro atoms. The number of hydrogen-bond donors (Lipinski definition) is 0. The molecule has 3 nitrogen and oxygen atoms in total. The van der Waals surface area contributed by atoms with Crippen molar-refractivity contribution in [3.8, 4) is 0 Å². The molecule has 1 aromatic rings. The first kappa shape index (κ1) is 15.2. The Bertz CT molecular complexity index is 497. The highest BCUT2D eigenvalue weighted by molar-refractivity contribution is 9.10. The number of fused-ring (bicyclic) bond motifs is 1. The van der Waals surface area contributed by atoms with E-state index in [0.717, 1.165) is 35.0 Å². The molecular weight excluding hydrogens is 340 g/mol. The first-order valence-electron chi connectivity index (χ1n) is 9.03. The normalized spacial score (nSPS) is 31.5. The number of furan rings is 1. The van der Waals surface area contributed by atoms with Crippen LogP contribution in [0.25, 0.3) is 0 Å². The van der Waals surface area contributed by atoms with Crippen molar-refractivity contribution in [2.24, 2.45) is 5.92 Å². The van der Waals surface area contributed by atoms with E-state index in [1.54, 1.807) is 0 Å². The molecule has 2 aliphatic heterocycles. The van der Waals surface area contributed by atoms with Crippen molar-refractivity contribution >= 4 is 15.9 Å². The summed E-state index contributed by atoms with van der Waals surface area (Å²) in [5, 5.41) is 0. The van der Waals surface area contributed by atoms with E-state index >= 15 is 0 Å². The van der Waals surface area contributed by atoms with Gasteiger partial charge in [0.1, 0.15) is 5.76 Å². The van der Waals surface area contributed by atoms with E-state index in [0.29, 0.717) is 0 Å². The van der Waals surface area contributed by atoms with Gasteiger partial charge in [0.15, 0.2) is 4.67 Å². The lowest BCUT2D eigenvalue weighted by Crippen LogP contribution is -2.59. The summed E-state index contributed by atoms with van der Waals surface area (Å²) in [4.78, 5) is 5.52. The van der Waals surface area contributed by atoms with Crippen LogP contribution in [0.1, 0.15) is 50.7 Å². The Morgan fingerprint density at radius 2 is 1.86 bits per heavy atom. The van der Waals surface area contributed by atoms with Gasteiger partial charge in [0.2, 0.25) is 0 Å². The van der Waals surface area contributed by atoms with E-state index in [1.807, 2.05) is 6.07 Å². The van der Waals surface area contributed by atoms with Crippen LogP contribution in [0.2, 0.25) is 0 Å². The first-order valence-corrected chi connectivity index (χ1v) is 9.83. The second kappa shape index (κ2) is 6.66. The Morgan fingerprint density at radius 3 is 2.64 bits per heavy atom. The van der Waals surface area contributed by atoms with E-state index in [-0.39, 0.29) is 0 Å². The first-order chi connectivity index (χ1) is 10.8. The molecule has 2 saturated heterocycles. The average Bonchev–Trinajstić information content (AvgIpc) is 3.17. The minimum absolute atomic E-state index is 0.750. The molecule has 22 heavy (non-hydrogen) atoms. The van der Waals surface area contributed by atoms with Gasteiger partial charge in [0.05, 0.1) is 6.54 Å². The highest BCUT2D eigenvalue weighted by Crippen LogP contribution is 2.38. The molecule has 1 aromatic heterocycles. The molecule has 2 unspecified atom stereocenters. The van der Waals surface area contributed by atoms with Crippen LogP contribution in [0.5, 0.6) is 0 Å². The van der Waals surface area contributed by atoms with Crippen LogP contribution in [0, 0.1) is 5.92 Å². The predicted molar refractivity (Wildman–Crippen MR) is 91.8 cm³/mol. The fraction of sp³-hybridized carbons (Fsp3) is 0.778. The Morgan fingerprint density at radius 1 is 1.00 bits per heavy atom. The Balaban J connectivity index is 1.54. The monoisotopic (exact) mass is 366 g/mol. The van der Waals surface area contributed by atoms with Gasteiger partial charge < -0.3 is 4.42 Å². The van der Waals surface area contributed by atoms with Crippen LogP contribution >= 0.6 is 15.9 Å². The van der Waals surface area contributed by atoms with Crippen LogP contribution in [0.4, 0.5) is 0 Å². The second-order valence-electron chi connectivity index (χ2n) is 7.31. The van der Waals surface area contributed by atoms with Gasteiger partial charge in [-0.25, -0.2) is 0 Å². The molecule has 0 bridgehead atoms. The van der Waals surface area contributed by atoms with Crippen molar-refractivity contribution in [2.45, 2.75) is 63.6 Å². The molecule has 0 aromatic carbocycles. The highest BCUT2D eigenvalue weighted by atomic mass is 79.9. The molecule has 1 saturated carbocycles. The third-order valence-corrected chi connectivity index (χ3v) is 6.45. The molecule has 1 aliphatic carbocycles. The number of halogens is 1. The van der Waals surface area contributed by atoms with Crippen molar-refractivity contribution < 1.29 is 4.42 Å². The molecule has 122 valence electrons. The summed E-state index contributed by atoms with van der Waals surface area (Å²) < 4.78 is 6.65. The number of rotatable bonds is 3. The summed E-state index contributed by atoms with van der Waals surface area (Å²) in [6.07, 6.45) is 10.00. The molecule has 3 heterocycles. The highest BCUT2D eigenvalue weighted by Gasteiger charge is 2.43. The zero-order chi connectivity index (χ0) is 14.9. The van der Waals surface area contributed by atoms with Gasteiger partial charge in [-0.1, -0.05) is 19.3 Å². The van der Waals surface area contributed by atoms with E-state index < -0.39 is 0 Å². The summed E-state index contributed by atoms with van der Waals surface area (Å²) in [5.74, 6) is 2.01. The number of nitrogens with zero attached hydrogens (tertiary/aromatic N) is 2. The predicted octanol–water partition coefficient (Wildman–Crippen LogP) is 4.27. The van der Waals surface area contributed by atoms with E-state index in [4.69, 9.17) is 4.42 Å². The van der Waals surface area contributed by atoms with Crippen LogP contribution < -0.4 is 0 Å². The largest absolute Gasteiger partial charge is 0.453 e. The van der Waals surface area contributed by atoms with E-state index in [2.05, 4.69) is 31.8 Å². The van der Waals surface area contributed by atoms with E-state index in [9.17, 15) is 0 Å². The minimum Gasteiger partial charge on any atom is -0.453 e. The minimum atomic E-state index is 0.750. The quantitative estimate of drug-likeness (QED) is 0.796. The smallest absolute Gasteiger partial charge is 0.169 e. The summed E-state index contributed by atoms with van der Waals surface area (Å²) in [6, 6.07) is 5.70. The fourth-order valence-corrected chi connectivity index (χ4v) is 5.42. The van der Waals surface area contributed by atoms with Gasteiger partial charge in [-0.3, -0.25) is 9.80 Å². The number of piperazine rings is 1. The van der Waals surface area contributed by atoms with Crippen LogP contribution in [-0.2, 0) is 6.54 Å². The summed E-state index contributed by atoms with van der Waals surface area (Å²) in [7, 11) is 0. The lowest BCUT2D eigenvalue weighted by Gasteiger charge is -2.49.